The van der Waals surface area contributed by atoms with Crippen LogP contribution in [0.2, 0.25) is 0 Å². The minimum atomic E-state index is -0.135. The highest BCUT2D eigenvalue weighted by Crippen LogP contribution is 2.29. The van der Waals surface area contributed by atoms with E-state index in [0.717, 1.165) is 56.0 Å². The van der Waals surface area contributed by atoms with Gasteiger partial charge in [0.25, 0.3) is 0 Å². The van der Waals surface area contributed by atoms with Gasteiger partial charge in [-0.2, -0.15) is 0 Å². The predicted octanol–water partition coefficient (Wildman–Crippen LogP) is 3.72. The zero-order valence-electron chi connectivity index (χ0n) is 17.6. The summed E-state index contributed by atoms with van der Waals surface area (Å²) in [5.41, 5.74) is 3.14. The number of rotatable bonds is 9. The predicted molar refractivity (Wildman–Crippen MR) is 111 cm³/mol. The van der Waals surface area contributed by atoms with E-state index >= 15 is 0 Å². The minimum absolute atomic E-state index is 0.135. The van der Waals surface area contributed by atoms with E-state index in [1.165, 1.54) is 25.7 Å². The van der Waals surface area contributed by atoms with E-state index in [9.17, 15) is 9.90 Å². The van der Waals surface area contributed by atoms with E-state index in [4.69, 9.17) is 4.74 Å². The second-order valence-electron chi connectivity index (χ2n) is 8.81. The Hall–Kier alpha value is -1.59. The van der Waals surface area contributed by atoms with Crippen LogP contribution in [0.15, 0.2) is 12.1 Å². The van der Waals surface area contributed by atoms with Crippen molar-refractivity contribution in [1.29, 1.82) is 0 Å². The fourth-order valence-electron chi connectivity index (χ4n) is 4.16. The van der Waals surface area contributed by atoms with Crippen LogP contribution in [0.1, 0.15) is 62.6 Å². The molecule has 0 aliphatic carbocycles. The molecule has 1 aromatic carbocycles. The van der Waals surface area contributed by atoms with Crippen LogP contribution in [-0.4, -0.2) is 53.7 Å². The molecule has 1 aromatic rings. The topological polar surface area (TPSA) is 53.0 Å². The summed E-state index contributed by atoms with van der Waals surface area (Å²) >= 11 is 0. The molecule has 0 bridgehead atoms. The molecule has 0 spiro atoms. The van der Waals surface area contributed by atoms with Gasteiger partial charge in [0, 0.05) is 30.6 Å². The molecule has 2 aliphatic heterocycles. The Kier molecular flexibility index (Phi) is 7.74. The SMILES string of the molecule is CC(C)COC(=O)CCc1cc(CN2CCCC2)c(O)c(CN2CCCC2)c1. The number of aryl methyl sites for hydroxylation is 1. The second-order valence-corrected chi connectivity index (χ2v) is 8.81. The van der Waals surface area contributed by atoms with Gasteiger partial charge < -0.3 is 9.84 Å². The third-order valence-electron chi connectivity index (χ3n) is 5.71. The molecule has 5 heteroatoms. The number of carbonyl (C=O) groups excluding carboxylic acids is 1. The molecule has 0 unspecified atom stereocenters. The number of aromatic hydroxyl groups is 1. The van der Waals surface area contributed by atoms with Crippen LogP contribution in [0.5, 0.6) is 5.75 Å². The third kappa shape index (κ3) is 6.21. The van der Waals surface area contributed by atoms with E-state index in [1.54, 1.807) is 0 Å². The molecule has 3 rings (SSSR count). The van der Waals surface area contributed by atoms with Gasteiger partial charge >= 0.3 is 5.97 Å². The van der Waals surface area contributed by atoms with Crippen LogP contribution in [0, 0.1) is 5.92 Å². The molecular formula is C23H36N2O3. The molecule has 0 amide bonds. The van der Waals surface area contributed by atoms with Crippen LogP contribution in [0.25, 0.3) is 0 Å². The standard InChI is InChI=1S/C23H36N2O3/c1-18(2)17-28-22(26)8-7-19-13-20(15-24-9-3-4-10-24)23(27)21(14-19)16-25-11-5-6-12-25/h13-14,18,27H,3-12,15-17H2,1-2H3. The number of benzene rings is 1. The number of likely N-dealkylation sites (tertiary alicyclic amines) is 2. The van der Waals surface area contributed by atoms with Crippen LogP contribution in [0.4, 0.5) is 0 Å². The van der Waals surface area contributed by atoms with Gasteiger partial charge in [-0.05, 0) is 69.8 Å². The van der Waals surface area contributed by atoms with Crippen molar-refractivity contribution in [2.45, 2.75) is 65.5 Å². The number of nitrogens with zero attached hydrogens (tertiary/aromatic N) is 2. The van der Waals surface area contributed by atoms with E-state index in [-0.39, 0.29) is 5.97 Å². The minimum Gasteiger partial charge on any atom is -0.507 e. The van der Waals surface area contributed by atoms with Crippen LogP contribution >= 0.6 is 0 Å². The van der Waals surface area contributed by atoms with Gasteiger partial charge in [0.05, 0.1) is 6.61 Å². The number of carbonyl (C=O) groups is 1. The van der Waals surface area contributed by atoms with Gasteiger partial charge in [-0.25, -0.2) is 0 Å². The Morgan fingerprint density at radius 2 is 1.50 bits per heavy atom. The van der Waals surface area contributed by atoms with Crippen LogP contribution in [0.3, 0.4) is 0 Å². The lowest BCUT2D eigenvalue weighted by molar-refractivity contribution is -0.144. The van der Waals surface area contributed by atoms with Crippen molar-refractivity contribution < 1.29 is 14.6 Å². The third-order valence-corrected chi connectivity index (χ3v) is 5.71. The van der Waals surface area contributed by atoms with Gasteiger partial charge in [0.1, 0.15) is 5.75 Å². The average Bonchev–Trinajstić information content (AvgIpc) is 3.36. The maximum absolute atomic E-state index is 12.0. The molecule has 0 saturated carbocycles. The highest BCUT2D eigenvalue weighted by Gasteiger charge is 2.19. The zero-order chi connectivity index (χ0) is 19.9. The molecule has 2 fully saturated rings. The van der Waals surface area contributed by atoms with Crippen molar-refractivity contribution in [2.24, 2.45) is 5.92 Å². The number of esters is 1. The maximum Gasteiger partial charge on any atom is 0.306 e. The van der Waals surface area contributed by atoms with Crippen LogP contribution < -0.4 is 0 Å². The first-order chi connectivity index (χ1) is 13.5. The number of hydrogen-bond donors (Lipinski definition) is 1. The van der Waals surface area contributed by atoms with Crippen molar-refractivity contribution >= 4 is 5.97 Å². The lowest BCUT2D eigenvalue weighted by Gasteiger charge is -2.21. The fraction of sp³-hybridized carbons (Fsp3) is 0.696. The number of phenolic OH excluding ortho intramolecular Hbond substituents is 1. The smallest absolute Gasteiger partial charge is 0.306 e. The van der Waals surface area contributed by atoms with Gasteiger partial charge in [-0.1, -0.05) is 26.0 Å². The molecule has 0 atom stereocenters. The molecule has 1 N–H and O–H groups in total. The summed E-state index contributed by atoms with van der Waals surface area (Å²) in [6.07, 6.45) is 6.01. The van der Waals surface area contributed by atoms with E-state index in [1.807, 2.05) is 13.8 Å². The number of phenols is 1. The molecule has 2 heterocycles. The molecule has 2 aliphatic rings. The summed E-state index contributed by atoms with van der Waals surface area (Å²) in [5.74, 6) is 0.672. The van der Waals surface area contributed by atoms with E-state index in [0.29, 0.717) is 31.1 Å². The number of hydrogen-bond acceptors (Lipinski definition) is 5. The highest BCUT2D eigenvalue weighted by atomic mass is 16.5. The van der Waals surface area contributed by atoms with Crippen molar-refractivity contribution in [3.05, 3.63) is 28.8 Å². The molecule has 5 nitrogen and oxygen atoms in total. The number of ether oxygens (including phenoxy) is 1. The zero-order valence-corrected chi connectivity index (χ0v) is 17.6. The van der Waals surface area contributed by atoms with Crippen LogP contribution in [-0.2, 0) is 29.0 Å². The summed E-state index contributed by atoms with van der Waals surface area (Å²) in [5, 5.41) is 10.9. The summed E-state index contributed by atoms with van der Waals surface area (Å²) in [6, 6.07) is 4.19. The Bertz CT molecular complexity index is 608. The molecule has 0 radical (unpaired) electrons. The quantitative estimate of drug-likeness (QED) is 0.654. The monoisotopic (exact) mass is 388 g/mol. The van der Waals surface area contributed by atoms with Crippen molar-refractivity contribution in [3.8, 4) is 5.75 Å². The molecule has 2 saturated heterocycles. The summed E-state index contributed by atoms with van der Waals surface area (Å²) in [7, 11) is 0. The van der Waals surface area contributed by atoms with Gasteiger partial charge in [0.2, 0.25) is 0 Å². The van der Waals surface area contributed by atoms with Crippen molar-refractivity contribution in [2.75, 3.05) is 32.8 Å². The molecule has 0 aromatic heterocycles. The maximum atomic E-state index is 12.0. The fourth-order valence-corrected chi connectivity index (χ4v) is 4.16. The second kappa shape index (κ2) is 10.3. The summed E-state index contributed by atoms with van der Waals surface area (Å²) < 4.78 is 5.32. The van der Waals surface area contributed by atoms with Crippen molar-refractivity contribution in [1.82, 2.24) is 9.80 Å². The Morgan fingerprint density at radius 3 is 1.96 bits per heavy atom. The first kappa shape index (κ1) is 21.1. The van der Waals surface area contributed by atoms with Gasteiger partial charge in [-0.15, -0.1) is 0 Å². The highest BCUT2D eigenvalue weighted by molar-refractivity contribution is 5.69. The summed E-state index contributed by atoms with van der Waals surface area (Å²) in [4.78, 5) is 16.9. The lowest BCUT2D eigenvalue weighted by Crippen LogP contribution is -2.21. The molecule has 28 heavy (non-hydrogen) atoms. The van der Waals surface area contributed by atoms with Gasteiger partial charge in [-0.3, -0.25) is 14.6 Å². The Labute approximate surface area is 169 Å². The van der Waals surface area contributed by atoms with E-state index < -0.39 is 0 Å². The van der Waals surface area contributed by atoms with Crippen molar-refractivity contribution in [3.63, 3.8) is 0 Å². The molecular weight excluding hydrogens is 352 g/mol. The Balaban J connectivity index is 1.70. The largest absolute Gasteiger partial charge is 0.507 e. The normalized spacial score (nSPS) is 18.2. The Morgan fingerprint density at radius 1 is 1.00 bits per heavy atom. The average molecular weight is 389 g/mol. The van der Waals surface area contributed by atoms with Gasteiger partial charge in [0.15, 0.2) is 0 Å². The lowest BCUT2D eigenvalue weighted by atomic mass is 10.00. The molecule has 156 valence electrons. The first-order valence-electron chi connectivity index (χ1n) is 10.9. The first-order valence-corrected chi connectivity index (χ1v) is 10.9. The summed E-state index contributed by atoms with van der Waals surface area (Å²) in [6.45, 7) is 10.6. The van der Waals surface area contributed by atoms with E-state index in [2.05, 4.69) is 21.9 Å².